The molecule has 0 radical (unpaired) electrons. The molecule has 196 valence electrons. The summed E-state index contributed by atoms with van der Waals surface area (Å²) < 4.78 is 0. The normalized spacial score (nSPS) is 38.7. The first-order chi connectivity index (χ1) is 16.7. The van der Waals surface area contributed by atoms with E-state index in [1.165, 1.54) is 64.2 Å². The van der Waals surface area contributed by atoms with Crippen LogP contribution in [0.1, 0.15) is 104 Å². The molecule has 0 heterocycles. The molecule has 0 aliphatic heterocycles. The van der Waals surface area contributed by atoms with Gasteiger partial charge in [-0.15, -0.1) is 0 Å². The summed E-state index contributed by atoms with van der Waals surface area (Å²) in [6.07, 6.45) is 22.0. The Morgan fingerprint density at radius 1 is 1.09 bits per heavy atom. The van der Waals surface area contributed by atoms with Crippen LogP contribution in [-0.2, 0) is 0 Å². The smallest absolute Gasteiger partial charge is 0.0811 e. The van der Waals surface area contributed by atoms with Gasteiger partial charge >= 0.3 is 0 Å². The van der Waals surface area contributed by atoms with E-state index in [4.69, 9.17) is 0 Å². The lowest BCUT2D eigenvalue weighted by molar-refractivity contribution is 0.0862. The highest BCUT2D eigenvalue weighted by molar-refractivity contribution is 5.38. The molecule has 7 atom stereocenters. The van der Waals surface area contributed by atoms with Gasteiger partial charge < -0.3 is 15.3 Å². The van der Waals surface area contributed by atoms with Crippen molar-refractivity contribution in [2.75, 3.05) is 0 Å². The van der Waals surface area contributed by atoms with E-state index in [1.54, 1.807) is 5.57 Å². The molecule has 4 fully saturated rings. The number of allylic oxidation sites excluding steroid dienone is 4. The van der Waals surface area contributed by atoms with Crippen LogP contribution in [0.25, 0.3) is 0 Å². The van der Waals surface area contributed by atoms with Crippen LogP contribution < -0.4 is 0 Å². The minimum absolute atomic E-state index is 0.173. The van der Waals surface area contributed by atoms with Crippen LogP contribution in [0, 0.1) is 28.6 Å². The maximum Gasteiger partial charge on any atom is 0.0811 e. The molecule has 0 amide bonds. The lowest BCUT2D eigenvalue weighted by atomic mass is 9.61. The van der Waals surface area contributed by atoms with E-state index in [9.17, 15) is 15.3 Å². The highest BCUT2D eigenvalue weighted by Gasteiger charge is 2.51. The van der Waals surface area contributed by atoms with Gasteiger partial charge in [0.05, 0.1) is 18.3 Å². The number of aliphatic hydroxyl groups excluding tert-OH is 3. The first kappa shape index (κ1) is 26.9. The zero-order chi connectivity index (χ0) is 25.2. The van der Waals surface area contributed by atoms with Gasteiger partial charge in [-0.25, -0.2) is 0 Å². The van der Waals surface area contributed by atoms with Crippen LogP contribution in [0.15, 0.2) is 47.6 Å². The molecule has 35 heavy (non-hydrogen) atoms. The molecule has 0 unspecified atom stereocenters. The van der Waals surface area contributed by atoms with Crippen molar-refractivity contribution in [1.82, 2.24) is 0 Å². The third-order valence-corrected chi connectivity index (χ3v) is 10.3. The summed E-state index contributed by atoms with van der Waals surface area (Å²) >= 11 is 0. The Balaban J connectivity index is 1.42. The van der Waals surface area contributed by atoms with Crippen molar-refractivity contribution in [2.24, 2.45) is 28.6 Å². The van der Waals surface area contributed by atoms with Crippen LogP contribution in [-0.4, -0.2) is 33.6 Å². The fraction of sp³-hybridized carbons (Fsp3) is 0.750. The van der Waals surface area contributed by atoms with Gasteiger partial charge in [0.2, 0.25) is 0 Å². The van der Waals surface area contributed by atoms with Gasteiger partial charge in [0.1, 0.15) is 0 Å². The van der Waals surface area contributed by atoms with Crippen molar-refractivity contribution in [3.8, 4) is 0 Å². The van der Waals surface area contributed by atoms with Crippen molar-refractivity contribution < 1.29 is 15.3 Å². The lowest BCUT2D eigenvalue weighted by Gasteiger charge is -2.44. The van der Waals surface area contributed by atoms with E-state index >= 15 is 0 Å². The SMILES string of the molecule is C=C1C(=CC=C2CCC[C@]3(C)[C@@H]([C@H](C)C=C[C@@H](O)C4(CCCCC)CC4)CC[C@@H]23)C[C@@H](O)C[C@@H]1O. The van der Waals surface area contributed by atoms with E-state index in [0.29, 0.717) is 36.0 Å². The molecule has 3 N–H and O–H groups in total. The number of hydrogen-bond donors (Lipinski definition) is 3. The summed E-state index contributed by atoms with van der Waals surface area (Å²) in [5, 5.41) is 31.3. The zero-order valence-corrected chi connectivity index (χ0v) is 22.5. The van der Waals surface area contributed by atoms with Gasteiger partial charge in [-0.2, -0.15) is 0 Å². The Bertz CT molecular complexity index is 847. The van der Waals surface area contributed by atoms with Crippen LogP contribution in [0.5, 0.6) is 0 Å². The number of aliphatic hydroxyl groups is 3. The quantitative estimate of drug-likeness (QED) is 0.244. The maximum absolute atomic E-state index is 11.0. The van der Waals surface area contributed by atoms with E-state index in [-0.39, 0.29) is 11.5 Å². The van der Waals surface area contributed by atoms with Crippen LogP contribution in [0.2, 0.25) is 0 Å². The molecule has 0 aromatic carbocycles. The van der Waals surface area contributed by atoms with Crippen molar-refractivity contribution in [2.45, 2.75) is 123 Å². The van der Waals surface area contributed by atoms with Crippen molar-refractivity contribution in [1.29, 1.82) is 0 Å². The molecular formula is C32H50O3. The fourth-order valence-corrected chi connectivity index (χ4v) is 7.81. The topological polar surface area (TPSA) is 60.7 Å². The van der Waals surface area contributed by atoms with Gasteiger partial charge in [0, 0.05) is 6.42 Å². The van der Waals surface area contributed by atoms with Crippen molar-refractivity contribution in [3.63, 3.8) is 0 Å². The fourth-order valence-electron chi connectivity index (χ4n) is 7.81. The van der Waals surface area contributed by atoms with Crippen LogP contribution in [0.3, 0.4) is 0 Å². The highest BCUT2D eigenvalue weighted by Crippen LogP contribution is 2.60. The Morgan fingerprint density at radius 3 is 2.57 bits per heavy atom. The van der Waals surface area contributed by atoms with Crippen LogP contribution in [0.4, 0.5) is 0 Å². The molecule has 4 saturated carbocycles. The van der Waals surface area contributed by atoms with Gasteiger partial charge in [-0.05, 0) is 97.5 Å². The largest absolute Gasteiger partial charge is 0.393 e. The Labute approximate surface area is 214 Å². The number of unbranched alkanes of at least 4 members (excludes halogenated alkanes) is 2. The second-order valence-corrected chi connectivity index (χ2v) is 12.7. The molecule has 0 bridgehead atoms. The van der Waals surface area contributed by atoms with Gasteiger partial charge in [0.25, 0.3) is 0 Å². The second kappa shape index (κ2) is 11.1. The number of fused-ring (bicyclic) bond motifs is 1. The summed E-state index contributed by atoms with van der Waals surface area (Å²) in [6, 6.07) is 0. The minimum atomic E-state index is -0.625. The highest BCUT2D eigenvalue weighted by atomic mass is 16.3. The predicted octanol–water partition coefficient (Wildman–Crippen LogP) is 7.04. The lowest BCUT2D eigenvalue weighted by Crippen LogP contribution is -2.35. The average Bonchev–Trinajstić information content (AvgIpc) is 3.53. The monoisotopic (exact) mass is 482 g/mol. The molecule has 4 rings (SSSR count). The van der Waals surface area contributed by atoms with E-state index < -0.39 is 12.2 Å². The Hall–Kier alpha value is -1.16. The summed E-state index contributed by atoms with van der Waals surface area (Å²) in [7, 11) is 0. The summed E-state index contributed by atoms with van der Waals surface area (Å²) in [5.41, 5.74) is 3.80. The van der Waals surface area contributed by atoms with Crippen molar-refractivity contribution in [3.05, 3.63) is 47.6 Å². The summed E-state index contributed by atoms with van der Waals surface area (Å²) in [5.74, 6) is 1.73. The molecule has 0 saturated heterocycles. The Morgan fingerprint density at radius 2 is 1.86 bits per heavy atom. The molecular weight excluding hydrogens is 432 g/mol. The summed E-state index contributed by atoms with van der Waals surface area (Å²) in [4.78, 5) is 0. The standard InChI is InChI=1S/C32H50O3/c1-5-6-7-17-32(18-19-32)30(35)15-10-22(2)27-13-14-28-24(9-8-16-31(27,28)4)11-12-25-20-26(33)21-29(34)23(25)3/h10-12,15,22,26-30,33-35H,3,5-9,13-14,16-21H2,1-2,4H3/t22-,26-,27-,28+,29+,30-,31-/m1/s1. The Kier molecular flexibility index (Phi) is 8.51. The van der Waals surface area contributed by atoms with Crippen LogP contribution >= 0.6 is 0 Å². The van der Waals surface area contributed by atoms with Gasteiger partial charge in [-0.3, -0.25) is 0 Å². The third-order valence-electron chi connectivity index (χ3n) is 10.3. The number of rotatable bonds is 9. The molecule has 3 nitrogen and oxygen atoms in total. The third kappa shape index (κ3) is 5.73. The first-order valence-electron chi connectivity index (χ1n) is 14.5. The zero-order valence-electron chi connectivity index (χ0n) is 22.5. The second-order valence-electron chi connectivity index (χ2n) is 12.7. The summed E-state index contributed by atoms with van der Waals surface area (Å²) in [6.45, 7) is 11.2. The van der Waals surface area contributed by atoms with Crippen molar-refractivity contribution >= 4 is 0 Å². The van der Waals surface area contributed by atoms with E-state index in [0.717, 1.165) is 17.6 Å². The molecule has 4 aliphatic carbocycles. The first-order valence-corrected chi connectivity index (χ1v) is 14.5. The molecule has 3 heteroatoms. The van der Waals surface area contributed by atoms with E-state index in [1.807, 2.05) is 0 Å². The van der Waals surface area contributed by atoms with Gasteiger partial charge in [0.15, 0.2) is 0 Å². The predicted molar refractivity (Wildman–Crippen MR) is 145 cm³/mol. The molecule has 4 aliphatic rings. The van der Waals surface area contributed by atoms with E-state index in [2.05, 4.69) is 51.7 Å². The number of hydrogen-bond acceptors (Lipinski definition) is 3. The molecule has 0 aromatic heterocycles. The maximum atomic E-state index is 11.0. The molecule has 0 aromatic rings. The average molecular weight is 483 g/mol. The minimum Gasteiger partial charge on any atom is -0.393 e. The molecule has 0 spiro atoms. The van der Waals surface area contributed by atoms with Gasteiger partial charge in [-0.1, -0.05) is 76.5 Å².